The van der Waals surface area contributed by atoms with Gasteiger partial charge in [-0.2, -0.15) is 10.5 Å². The second-order valence-electron chi connectivity index (χ2n) is 4.77. The van der Waals surface area contributed by atoms with Crippen LogP contribution in [0.4, 0.5) is 0 Å². The summed E-state index contributed by atoms with van der Waals surface area (Å²) in [5.74, 6) is -0.0980. The lowest BCUT2D eigenvalue weighted by atomic mass is 9.83. The fraction of sp³-hybridized carbons (Fsp3) is 0.176. The highest BCUT2D eigenvalue weighted by molar-refractivity contribution is 5.46. The lowest BCUT2D eigenvalue weighted by Gasteiger charge is -2.23. The Bertz CT molecular complexity index is 690. The Morgan fingerprint density at radius 2 is 1.75 bits per heavy atom. The van der Waals surface area contributed by atoms with Crippen LogP contribution in [0.25, 0.3) is 0 Å². The van der Waals surface area contributed by atoms with E-state index in [9.17, 15) is 5.26 Å². The monoisotopic (exact) mass is 261 g/mol. The Balaban J connectivity index is 2.58. The van der Waals surface area contributed by atoms with E-state index in [2.05, 4.69) is 12.1 Å². The van der Waals surface area contributed by atoms with Crippen LogP contribution in [0.2, 0.25) is 0 Å². The van der Waals surface area contributed by atoms with E-state index < -0.39 is 0 Å². The lowest BCUT2D eigenvalue weighted by Crippen LogP contribution is -2.26. The maximum atomic E-state index is 9.25. The minimum absolute atomic E-state index is 0.0980. The average Bonchev–Trinajstić information content (AvgIpc) is 2.48. The van der Waals surface area contributed by atoms with E-state index in [4.69, 9.17) is 11.0 Å². The summed E-state index contributed by atoms with van der Waals surface area (Å²) in [7, 11) is 0. The van der Waals surface area contributed by atoms with E-state index in [1.165, 1.54) is 0 Å². The molecule has 1 unspecified atom stereocenters. The van der Waals surface area contributed by atoms with Crippen molar-refractivity contribution in [1.82, 2.24) is 0 Å². The zero-order chi connectivity index (χ0) is 14.5. The van der Waals surface area contributed by atoms with Crippen molar-refractivity contribution in [1.29, 1.82) is 10.5 Å². The summed E-state index contributed by atoms with van der Waals surface area (Å²) in [5, 5.41) is 18.3. The molecule has 2 aromatic carbocycles. The Morgan fingerprint density at radius 3 is 2.40 bits per heavy atom. The van der Waals surface area contributed by atoms with Gasteiger partial charge in [0.15, 0.2) is 0 Å². The first-order valence-electron chi connectivity index (χ1n) is 6.42. The molecule has 0 spiro atoms. The molecule has 3 heteroatoms. The van der Waals surface area contributed by atoms with E-state index in [1.807, 2.05) is 43.3 Å². The van der Waals surface area contributed by atoms with E-state index in [-0.39, 0.29) is 12.0 Å². The first kappa shape index (κ1) is 13.8. The first-order chi connectivity index (χ1) is 9.67. The molecular weight excluding hydrogens is 246 g/mol. The Labute approximate surface area is 118 Å². The van der Waals surface area contributed by atoms with Gasteiger partial charge < -0.3 is 5.73 Å². The number of rotatable bonds is 3. The van der Waals surface area contributed by atoms with Crippen molar-refractivity contribution in [3.05, 3.63) is 70.8 Å². The minimum atomic E-state index is -0.154. The van der Waals surface area contributed by atoms with Crippen molar-refractivity contribution >= 4 is 0 Å². The Hall–Kier alpha value is -2.62. The topological polar surface area (TPSA) is 73.6 Å². The zero-order valence-corrected chi connectivity index (χ0v) is 11.2. The van der Waals surface area contributed by atoms with Gasteiger partial charge in [-0.1, -0.05) is 30.3 Å². The SMILES string of the molecule is C[C@@H](N)C(c1cccc(C#N)c1)c1ccccc1C#N. The molecular formula is C17H15N3. The van der Waals surface area contributed by atoms with Crippen LogP contribution in [-0.2, 0) is 0 Å². The van der Waals surface area contributed by atoms with Crippen LogP contribution in [-0.4, -0.2) is 6.04 Å². The van der Waals surface area contributed by atoms with E-state index in [0.29, 0.717) is 11.1 Å². The number of hydrogen-bond acceptors (Lipinski definition) is 3. The maximum absolute atomic E-state index is 9.25. The molecule has 0 saturated heterocycles. The van der Waals surface area contributed by atoms with Crippen LogP contribution in [0.5, 0.6) is 0 Å². The van der Waals surface area contributed by atoms with Gasteiger partial charge in [0.05, 0.1) is 23.3 Å². The van der Waals surface area contributed by atoms with Gasteiger partial charge in [0.2, 0.25) is 0 Å². The van der Waals surface area contributed by atoms with Crippen LogP contribution in [0.1, 0.15) is 35.1 Å². The van der Waals surface area contributed by atoms with E-state index >= 15 is 0 Å². The van der Waals surface area contributed by atoms with Crippen molar-refractivity contribution in [2.45, 2.75) is 18.9 Å². The van der Waals surface area contributed by atoms with Crippen LogP contribution in [0.3, 0.4) is 0 Å². The standard InChI is InChI=1S/C17H15N3/c1-12(20)17(14-7-4-5-13(9-14)10-18)16-8-3-2-6-15(16)11-19/h2-9,12,17H,20H2,1H3/t12-,17?/m1/s1. The summed E-state index contributed by atoms with van der Waals surface area (Å²) in [5.41, 5.74) is 9.21. The third-order valence-electron chi connectivity index (χ3n) is 3.32. The smallest absolute Gasteiger partial charge is 0.0994 e. The number of benzene rings is 2. The van der Waals surface area contributed by atoms with Gasteiger partial charge >= 0.3 is 0 Å². The van der Waals surface area contributed by atoms with Crippen molar-refractivity contribution in [3.63, 3.8) is 0 Å². The molecule has 2 rings (SSSR count). The minimum Gasteiger partial charge on any atom is -0.327 e. The normalized spacial score (nSPS) is 13.0. The molecule has 20 heavy (non-hydrogen) atoms. The molecule has 0 saturated carbocycles. The molecule has 0 aromatic heterocycles. The quantitative estimate of drug-likeness (QED) is 0.923. The van der Waals surface area contributed by atoms with Crippen molar-refractivity contribution < 1.29 is 0 Å². The van der Waals surface area contributed by atoms with Crippen LogP contribution < -0.4 is 5.73 Å². The van der Waals surface area contributed by atoms with Crippen LogP contribution in [0, 0.1) is 22.7 Å². The molecule has 2 N–H and O–H groups in total. The van der Waals surface area contributed by atoms with Crippen molar-refractivity contribution in [2.24, 2.45) is 5.73 Å². The molecule has 0 amide bonds. The second-order valence-corrected chi connectivity index (χ2v) is 4.77. The first-order valence-corrected chi connectivity index (χ1v) is 6.42. The van der Waals surface area contributed by atoms with Gasteiger partial charge in [-0.05, 0) is 36.2 Å². The highest BCUT2D eigenvalue weighted by Gasteiger charge is 2.21. The van der Waals surface area contributed by atoms with Gasteiger partial charge in [-0.3, -0.25) is 0 Å². The molecule has 0 heterocycles. The lowest BCUT2D eigenvalue weighted by molar-refractivity contribution is 0.643. The largest absolute Gasteiger partial charge is 0.327 e. The molecule has 0 fully saturated rings. The third-order valence-corrected chi connectivity index (χ3v) is 3.32. The van der Waals surface area contributed by atoms with Crippen LogP contribution >= 0.6 is 0 Å². The molecule has 2 atom stereocenters. The van der Waals surface area contributed by atoms with E-state index in [1.54, 1.807) is 12.1 Å². The molecule has 3 nitrogen and oxygen atoms in total. The zero-order valence-electron chi connectivity index (χ0n) is 11.2. The van der Waals surface area contributed by atoms with E-state index in [0.717, 1.165) is 11.1 Å². The van der Waals surface area contributed by atoms with Crippen molar-refractivity contribution in [3.8, 4) is 12.1 Å². The van der Waals surface area contributed by atoms with Gasteiger partial charge in [0.25, 0.3) is 0 Å². The number of nitrogens with zero attached hydrogens (tertiary/aromatic N) is 2. The summed E-state index contributed by atoms with van der Waals surface area (Å²) < 4.78 is 0. The molecule has 0 aliphatic rings. The molecule has 0 radical (unpaired) electrons. The molecule has 0 bridgehead atoms. The maximum Gasteiger partial charge on any atom is 0.0994 e. The number of nitrogens with two attached hydrogens (primary N) is 1. The second kappa shape index (κ2) is 6.02. The van der Waals surface area contributed by atoms with Crippen molar-refractivity contribution in [2.75, 3.05) is 0 Å². The molecule has 0 aliphatic carbocycles. The summed E-state index contributed by atoms with van der Waals surface area (Å²) in [6.45, 7) is 1.91. The Morgan fingerprint density at radius 1 is 1.00 bits per heavy atom. The van der Waals surface area contributed by atoms with Gasteiger partial charge in [0, 0.05) is 12.0 Å². The van der Waals surface area contributed by atoms with Gasteiger partial charge in [0.1, 0.15) is 0 Å². The number of hydrogen-bond donors (Lipinski definition) is 1. The molecule has 0 aliphatic heterocycles. The fourth-order valence-corrected chi connectivity index (χ4v) is 2.44. The summed E-state index contributed by atoms with van der Waals surface area (Å²) in [6.07, 6.45) is 0. The predicted molar refractivity (Wildman–Crippen MR) is 77.8 cm³/mol. The summed E-state index contributed by atoms with van der Waals surface area (Å²) in [6, 6.07) is 19.0. The highest BCUT2D eigenvalue weighted by atomic mass is 14.6. The summed E-state index contributed by atoms with van der Waals surface area (Å²) in [4.78, 5) is 0. The average molecular weight is 261 g/mol. The number of nitriles is 2. The van der Waals surface area contributed by atoms with Crippen LogP contribution in [0.15, 0.2) is 48.5 Å². The molecule has 98 valence electrons. The summed E-state index contributed by atoms with van der Waals surface area (Å²) >= 11 is 0. The van der Waals surface area contributed by atoms with Gasteiger partial charge in [-0.15, -0.1) is 0 Å². The third kappa shape index (κ3) is 2.69. The Kier molecular flexibility index (Phi) is 4.15. The fourth-order valence-electron chi connectivity index (χ4n) is 2.44. The van der Waals surface area contributed by atoms with Gasteiger partial charge in [-0.25, -0.2) is 0 Å². The predicted octanol–water partition coefficient (Wildman–Crippen LogP) is 2.91. The highest BCUT2D eigenvalue weighted by Crippen LogP contribution is 2.30. The molecule has 2 aromatic rings.